The number of hydrogen-bond donors (Lipinski definition) is 0. The van der Waals surface area contributed by atoms with E-state index in [0.717, 1.165) is 44.6 Å². The normalized spacial score (nSPS) is 22.4. The second kappa shape index (κ2) is 9.00. The summed E-state index contributed by atoms with van der Waals surface area (Å²) >= 11 is 1.52. The summed E-state index contributed by atoms with van der Waals surface area (Å²) in [6, 6.07) is 2.43. The Labute approximate surface area is 165 Å². The van der Waals surface area contributed by atoms with Crippen molar-refractivity contribution in [2.45, 2.75) is 31.3 Å². The molecule has 0 aromatic carbocycles. The highest BCUT2D eigenvalue weighted by Crippen LogP contribution is 2.24. The largest absolute Gasteiger partial charge is 0.381 e. The zero-order valence-corrected chi connectivity index (χ0v) is 17.7. The van der Waals surface area contributed by atoms with Crippen LogP contribution in [-0.2, 0) is 14.8 Å². The number of amides is 1. The number of ether oxygens (including phenoxy) is 1. The summed E-state index contributed by atoms with van der Waals surface area (Å²) in [6.45, 7) is 3.98. The molecule has 9 heteroatoms. The molecule has 2 aliphatic rings. The summed E-state index contributed by atoms with van der Waals surface area (Å²) in [5, 5.41) is 3.78. The van der Waals surface area contributed by atoms with Gasteiger partial charge in [0.25, 0.3) is 5.91 Å². The number of likely N-dealkylation sites (N-methyl/N-ethyl adjacent to an activating group) is 1. The lowest BCUT2D eigenvalue weighted by molar-refractivity contribution is 0.0158. The van der Waals surface area contributed by atoms with Crippen LogP contribution in [0.2, 0.25) is 0 Å². The van der Waals surface area contributed by atoms with E-state index < -0.39 is 10.0 Å². The van der Waals surface area contributed by atoms with Gasteiger partial charge in [0.15, 0.2) is 0 Å². The van der Waals surface area contributed by atoms with Gasteiger partial charge in [-0.1, -0.05) is 0 Å². The maximum Gasteiger partial charge on any atom is 0.254 e. The zero-order chi connectivity index (χ0) is 19.4. The van der Waals surface area contributed by atoms with Crippen molar-refractivity contribution >= 4 is 27.3 Å². The third-order valence-corrected chi connectivity index (χ3v) is 7.49. The standard InChI is InChI=1S/C18H29N3O4S2/c1-19(18(22)15-6-12-26-14-15)8-9-21(16-4-10-25-11-5-16)17-3-7-20(13-17)27(2,23)24/h6,12,14,16-17H,3-5,7-11,13H2,1-2H3. The van der Waals surface area contributed by atoms with Crippen LogP contribution in [0, 0.1) is 0 Å². The molecule has 1 aromatic heterocycles. The van der Waals surface area contributed by atoms with E-state index in [1.54, 1.807) is 9.21 Å². The van der Waals surface area contributed by atoms with Crippen LogP contribution in [0.5, 0.6) is 0 Å². The summed E-state index contributed by atoms with van der Waals surface area (Å²) in [6.07, 6.45) is 4.03. The van der Waals surface area contributed by atoms with Crippen molar-refractivity contribution in [3.63, 3.8) is 0 Å². The Balaban J connectivity index is 1.64. The minimum absolute atomic E-state index is 0.0346. The van der Waals surface area contributed by atoms with Crippen LogP contribution >= 0.6 is 11.3 Å². The molecule has 7 nitrogen and oxygen atoms in total. The zero-order valence-electron chi connectivity index (χ0n) is 16.0. The van der Waals surface area contributed by atoms with Crippen LogP contribution in [0.4, 0.5) is 0 Å². The average molecular weight is 416 g/mol. The van der Waals surface area contributed by atoms with Crippen LogP contribution in [0.25, 0.3) is 0 Å². The van der Waals surface area contributed by atoms with Crippen LogP contribution in [0.3, 0.4) is 0 Å². The molecule has 0 saturated carbocycles. The van der Waals surface area contributed by atoms with Gasteiger partial charge in [-0.2, -0.15) is 11.3 Å². The molecule has 1 aromatic rings. The highest BCUT2D eigenvalue weighted by Gasteiger charge is 2.35. The first kappa shape index (κ1) is 20.7. The lowest BCUT2D eigenvalue weighted by Gasteiger charge is -2.39. The van der Waals surface area contributed by atoms with Crippen LogP contribution in [0.15, 0.2) is 16.8 Å². The van der Waals surface area contributed by atoms with Crippen molar-refractivity contribution in [2.24, 2.45) is 0 Å². The number of thiophene rings is 1. The number of carbonyl (C=O) groups is 1. The Morgan fingerprint density at radius 2 is 2.00 bits per heavy atom. The van der Waals surface area contributed by atoms with E-state index in [-0.39, 0.29) is 11.9 Å². The summed E-state index contributed by atoms with van der Waals surface area (Å²) in [4.78, 5) is 16.7. The molecule has 2 fully saturated rings. The van der Waals surface area contributed by atoms with E-state index in [1.807, 2.05) is 23.9 Å². The van der Waals surface area contributed by atoms with Crippen molar-refractivity contribution in [2.75, 3.05) is 52.7 Å². The molecule has 2 aliphatic heterocycles. The van der Waals surface area contributed by atoms with Gasteiger partial charge in [-0.25, -0.2) is 12.7 Å². The number of carbonyl (C=O) groups excluding carboxylic acids is 1. The number of sulfonamides is 1. The molecule has 1 atom stereocenters. The fourth-order valence-electron chi connectivity index (χ4n) is 3.94. The first-order chi connectivity index (χ1) is 12.9. The molecule has 27 heavy (non-hydrogen) atoms. The number of hydrogen-bond acceptors (Lipinski definition) is 6. The Kier molecular flexibility index (Phi) is 6.91. The number of rotatable bonds is 7. The van der Waals surface area contributed by atoms with Gasteiger partial charge in [0.05, 0.1) is 11.8 Å². The van der Waals surface area contributed by atoms with E-state index in [2.05, 4.69) is 4.90 Å². The van der Waals surface area contributed by atoms with Gasteiger partial charge in [-0.15, -0.1) is 0 Å². The summed E-state index contributed by atoms with van der Waals surface area (Å²) < 4.78 is 30.9. The van der Waals surface area contributed by atoms with Crippen molar-refractivity contribution < 1.29 is 17.9 Å². The average Bonchev–Trinajstić information content (AvgIpc) is 3.34. The Hall–Kier alpha value is -1.000. The molecule has 1 unspecified atom stereocenters. The minimum atomic E-state index is -3.16. The predicted octanol–water partition coefficient (Wildman–Crippen LogP) is 1.33. The van der Waals surface area contributed by atoms with Gasteiger partial charge in [-0.05, 0) is 30.7 Å². The maximum absolute atomic E-state index is 12.5. The highest BCUT2D eigenvalue weighted by atomic mass is 32.2. The first-order valence-corrected chi connectivity index (χ1v) is 12.2. The van der Waals surface area contributed by atoms with Gasteiger partial charge < -0.3 is 9.64 Å². The molecule has 0 aliphatic carbocycles. The second-order valence-electron chi connectivity index (χ2n) is 7.38. The lowest BCUT2D eigenvalue weighted by atomic mass is 10.0. The van der Waals surface area contributed by atoms with Crippen LogP contribution in [0.1, 0.15) is 29.6 Å². The summed E-state index contributed by atoms with van der Waals surface area (Å²) in [5.41, 5.74) is 0.726. The fraction of sp³-hybridized carbons (Fsp3) is 0.722. The van der Waals surface area contributed by atoms with Crippen molar-refractivity contribution in [1.82, 2.24) is 14.1 Å². The van der Waals surface area contributed by atoms with Crippen LogP contribution in [-0.4, -0.2) is 93.2 Å². The lowest BCUT2D eigenvalue weighted by Crippen LogP contribution is -2.50. The molecule has 2 saturated heterocycles. The van der Waals surface area contributed by atoms with E-state index >= 15 is 0 Å². The Morgan fingerprint density at radius 3 is 2.59 bits per heavy atom. The monoisotopic (exact) mass is 415 g/mol. The van der Waals surface area contributed by atoms with E-state index in [4.69, 9.17) is 4.74 Å². The molecule has 3 heterocycles. The van der Waals surface area contributed by atoms with E-state index in [0.29, 0.717) is 25.7 Å². The minimum Gasteiger partial charge on any atom is -0.381 e. The molecule has 3 rings (SSSR count). The molecular formula is C18H29N3O4S2. The molecule has 152 valence electrons. The van der Waals surface area contributed by atoms with Crippen molar-refractivity contribution in [3.8, 4) is 0 Å². The quantitative estimate of drug-likeness (QED) is 0.672. The molecule has 0 N–H and O–H groups in total. The van der Waals surface area contributed by atoms with Crippen molar-refractivity contribution in [1.29, 1.82) is 0 Å². The van der Waals surface area contributed by atoms with Crippen molar-refractivity contribution in [3.05, 3.63) is 22.4 Å². The smallest absolute Gasteiger partial charge is 0.254 e. The molecule has 0 bridgehead atoms. The Bertz CT molecular complexity index is 717. The molecule has 1 amide bonds. The topological polar surface area (TPSA) is 70.2 Å². The van der Waals surface area contributed by atoms with Gasteiger partial charge in [0.1, 0.15) is 0 Å². The third kappa shape index (κ3) is 5.29. The predicted molar refractivity (Wildman–Crippen MR) is 107 cm³/mol. The molecular weight excluding hydrogens is 386 g/mol. The molecule has 0 radical (unpaired) electrons. The van der Waals surface area contributed by atoms with E-state index in [1.165, 1.54) is 17.6 Å². The maximum atomic E-state index is 12.5. The number of nitrogens with zero attached hydrogens (tertiary/aromatic N) is 3. The van der Waals surface area contributed by atoms with Gasteiger partial charge in [0, 0.05) is 63.9 Å². The summed E-state index contributed by atoms with van der Waals surface area (Å²) in [7, 11) is -1.32. The Morgan fingerprint density at radius 1 is 1.26 bits per heavy atom. The van der Waals surface area contributed by atoms with Gasteiger partial charge in [-0.3, -0.25) is 9.69 Å². The molecule has 0 spiro atoms. The SMILES string of the molecule is CN(CCN(C1CCOCC1)C1CCN(S(C)(=O)=O)C1)C(=O)c1ccsc1. The highest BCUT2D eigenvalue weighted by molar-refractivity contribution is 7.88. The second-order valence-corrected chi connectivity index (χ2v) is 10.1. The van der Waals surface area contributed by atoms with Crippen LogP contribution < -0.4 is 0 Å². The first-order valence-electron chi connectivity index (χ1n) is 9.42. The van der Waals surface area contributed by atoms with E-state index in [9.17, 15) is 13.2 Å². The summed E-state index contributed by atoms with van der Waals surface area (Å²) in [5.74, 6) is 0.0346. The van der Waals surface area contributed by atoms with Gasteiger partial charge in [0.2, 0.25) is 10.0 Å². The fourth-order valence-corrected chi connectivity index (χ4v) is 5.45. The third-order valence-electron chi connectivity index (χ3n) is 5.53. The van der Waals surface area contributed by atoms with Gasteiger partial charge >= 0.3 is 0 Å².